The summed E-state index contributed by atoms with van der Waals surface area (Å²) in [4.78, 5) is 13.2. The van der Waals surface area contributed by atoms with E-state index in [4.69, 9.17) is 4.74 Å². The monoisotopic (exact) mass is 444 g/mol. The largest absolute Gasteiger partial charge is 0.496 e. The average Bonchev–Trinajstić information content (AvgIpc) is 2.83. The van der Waals surface area contributed by atoms with Crippen LogP contribution in [0.2, 0.25) is 0 Å². The van der Waals surface area contributed by atoms with E-state index in [0.29, 0.717) is 22.4 Å². The molecule has 0 heterocycles. The van der Waals surface area contributed by atoms with Crippen LogP contribution in [-0.4, -0.2) is 12.9 Å². The topological polar surface area (TPSA) is 26.3 Å². The van der Waals surface area contributed by atoms with Gasteiger partial charge in [0, 0.05) is 5.56 Å². The first-order valence-electron chi connectivity index (χ1n) is 10.2. The van der Waals surface area contributed by atoms with Crippen molar-refractivity contribution in [1.82, 2.24) is 0 Å². The van der Waals surface area contributed by atoms with E-state index in [9.17, 15) is 18.0 Å². The molecule has 0 aliphatic rings. The van der Waals surface area contributed by atoms with Gasteiger partial charge < -0.3 is 4.74 Å². The Bertz CT molecular complexity index is 1320. The number of rotatable bonds is 6. The van der Waals surface area contributed by atoms with E-state index in [0.717, 1.165) is 5.56 Å². The van der Waals surface area contributed by atoms with Crippen molar-refractivity contribution in [2.24, 2.45) is 0 Å². The van der Waals surface area contributed by atoms with E-state index in [1.54, 1.807) is 54.6 Å². The van der Waals surface area contributed by atoms with Crippen LogP contribution in [0.5, 0.6) is 5.75 Å². The Morgan fingerprint density at radius 1 is 0.758 bits per heavy atom. The molecule has 4 aromatic carbocycles. The third-order valence-corrected chi connectivity index (χ3v) is 5.22. The molecular weight excluding hydrogens is 425 g/mol. The van der Waals surface area contributed by atoms with Crippen LogP contribution in [-0.2, 0) is 0 Å². The Kier molecular flexibility index (Phi) is 6.41. The Morgan fingerprint density at radius 3 is 1.97 bits per heavy atom. The standard InChI is InChI=1S/C28H19F3O2/c1-33-27-17-21(18-6-11-22(29)12-7-18)16-24(19-8-13-23(30)14-9-19)28(27)26(32)15-10-20-4-2-3-5-25(20)31/h2-17H,1H3/b15-10+. The zero-order valence-electron chi connectivity index (χ0n) is 17.7. The lowest BCUT2D eigenvalue weighted by Crippen LogP contribution is -2.03. The highest BCUT2D eigenvalue weighted by Gasteiger charge is 2.19. The van der Waals surface area contributed by atoms with Gasteiger partial charge in [0.15, 0.2) is 5.78 Å². The van der Waals surface area contributed by atoms with E-state index in [1.807, 2.05) is 0 Å². The molecule has 0 fully saturated rings. The molecule has 0 radical (unpaired) electrons. The van der Waals surface area contributed by atoms with Gasteiger partial charge in [-0.2, -0.15) is 0 Å². The Labute approximate surface area is 189 Å². The lowest BCUT2D eigenvalue weighted by molar-refractivity contribution is 0.104. The normalized spacial score (nSPS) is 11.0. The van der Waals surface area contributed by atoms with Gasteiger partial charge in [-0.3, -0.25) is 4.79 Å². The molecule has 0 amide bonds. The first-order valence-corrected chi connectivity index (χ1v) is 10.2. The third-order valence-electron chi connectivity index (χ3n) is 5.22. The number of benzene rings is 4. The zero-order valence-corrected chi connectivity index (χ0v) is 17.7. The maximum atomic E-state index is 14.0. The van der Waals surface area contributed by atoms with Crippen molar-refractivity contribution < 1.29 is 22.7 Å². The van der Waals surface area contributed by atoms with Gasteiger partial charge in [0.25, 0.3) is 0 Å². The molecule has 0 aliphatic carbocycles. The molecular formula is C28H19F3O2. The molecule has 164 valence electrons. The third kappa shape index (κ3) is 4.88. The minimum Gasteiger partial charge on any atom is -0.496 e. The predicted octanol–water partition coefficient (Wildman–Crippen LogP) is 7.34. The van der Waals surface area contributed by atoms with E-state index in [-0.39, 0.29) is 16.9 Å². The van der Waals surface area contributed by atoms with Gasteiger partial charge in [0.1, 0.15) is 23.2 Å². The molecule has 0 spiro atoms. The van der Waals surface area contributed by atoms with Gasteiger partial charge in [-0.1, -0.05) is 42.5 Å². The summed E-state index contributed by atoms with van der Waals surface area (Å²) in [6.07, 6.45) is 2.68. The molecule has 0 unspecified atom stereocenters. The molecule has 0 N–H and O–H groups in total. The summed E-state index contributed by atoms with van der Waals surface area (Å²) < 4.78 is 46.5. The summed E-state index contributed by atoms with van der Waals surface area (Å²) in [7, 11) is 1.44. The fourth-order valence-corrected chi connectivity index (χ4v) is 3.56. The molecule has 0 saturated carbocycles. The maximum absolute atomic E-state index is 14.0. The Balaban J connectivity index is 1.87. The second kappa shape index (κ2) is 9.57. The zero-order chi connectivity index (χ0) is 23.4. The molecule has 0 bridgehead atoms. The Hall–Kier alpha value is -4.12. The summed E-state index contributed by atoms with van der Waals surface area (Å²) in [5, 5.41) is 0. The van der Waals surface area contributed by atoms with Gasteiger partial charge >= 0.3 is 0 Å². The lowest BCUT2D eigenvalue weighted by atomic mass is 9.91. The molecule has 33 heavy (non-hydrogen) atoms. The molecule has 0 atom stereocenters. The van der Waals surface area contributed by atoms with Gasteiger partial charge in [-0.05, 0) is 76.9 Å². The van der Waals surface area contributed by atoms with Crippen LogP contribution in [0.3, 0.4) is 0 Å². The number of halogens is 3. The average molecular weight is 444 g/mol. The minimum atomic E-state index is -0.445. The smallest absolute Gasteiger partial charge is 0.190 e. The predicted molar refractivity (Wildman–Crippen MR) is 124 cm³/mol. The number of methoxy groups -OCH3 is 1. The Morgan fingerprint density at radius 2 is 1.36 bits per heavy atom. The molecule has 4 aromatic rings. The van der Waals surface area contributed by atoms with Crippen molar-refractivity contribution in [2.45, 2.75) is 0 Å². The number of hydrogen-bond acceptors (Lipinski definition) is 2. The fraction of sp³-hybridized carbons (Fsp3) is 0.0357. The second-order valence-corrected chi connectivity index (χ2v) is 7.33. The van der Waals surface area contributed by atoms with Crippen LogP contribution in [0, 0.1) is 17.5 Å². The first kappa shape index (κ1) is 22.1. The lowest BCUT2D eigenvalue weighted by Gasteiger charge is -2.15. The molecule has 0 saturated heterocycles. The van der Waals surface area contributed by atoms with Crippen molar-refractivity contribution in [1.29, 1.82) is 0 Å². The van der Waals surface area contributed by atoms with E-state index >= 15 is 0 Å². The number of carbonyl (C=O) groups is 1. The van der Waals surface area contributed by atoms with Crippen LogP contribution in [0.1, 0.15) is 15.9 Å². The van der Waals surface area contributed by atoms with Crippen molar-refractivity contribution in [3.05, 3.63) is 120 Å². The van der Waals surface area contributed by atoms with Crippen molar-refractivity contribution in [3.8, 4) is 28.0 Å². The van der Waals surface area contributed by atoms with Crippen LogP contribution >= 0.6 is 0 Å². The molecule has 5 heteroatoms. The number of ether oxygens (including phenoxy) is 1. The minimum absolute atomic E-state index is 0.252. The van der Waals surface area contributed by atoms with Crippen molar-refractivity contribution >= 4 is 11.9 Å². The van der Waals surface area contributed by atoms with Gasteiger partial charge in [0.05, 0.1) is 12.7 Å². The molecule has 0 aromatic heterocycles. The van der Waals surface area contributed by atoms with Gasteiger partial charge in [0.2, 0.25) is 0 Å². The highest BCUT2D eigenvalue weighted by Crippen LogP contribution is 2.37. The number of allylic oxidation sites excluding steroid dienone is 1. The number of carbonyl (C=O) groups excluding carboxylic acids is 1. The summed E-state index contributed by atoms with van der Waals surface area (Å²) in [5.41, 5.74) is 3.05. The van der Waals surface area contributed by atoms with Gasteiger partial charge in [-0.25, -0.2) is 13.2 Å². The highest BCUT2D eigenvalue weighted by molar-refractivity contribution is 6.13. The van der Waals surface area contributed by atoms with Crippen LogP contribution in [0.25, 0.3) is 28.3 Å². The summed E-state index contributed by atoms with van der Waals surface area (Å²) in [6, 6.07) is 21.2. The fourth-order valence-electron chi connectivity index (χ4n) is 3.56. The first-order chi connectivity index (χ1) is 16.0. The van der Waals surface area contributed by atoms with Crippen LogP contribution < -0.4 is 4.74 Å². The summed E-state index contributed by atoms with van der Waals surface area (Å²) in [6.45, 7) is 0. The van der Waals surface area contributed by atoms with Crippen molar-refractivity contribution in [2.75, 3.05) is 7.11 Å². The number of hydrogen-bond donors (Lipinski definition) is 0. The van der Waals surface area contributed by atoms with Crippen LogP contribution in [0.4, 0.5) is 13.2 Å². The van der Waals surface area contributed by atoms with Crippen LogP contribution in [0.15, 0.2) is 91.0 Å². The molecule has 4 rings (SSSR count). The second-order valence-electron chi connectivity index (χ2n) is 7.33. The molecule has 0 aliphatic heterocycles. The molecule has 2 nitrogen and oxygen atoms in total. The highest BCUT2D eigenvalue weighted by atomic mass is 19.1. The van der Waals surface area contributed by atoms with E-state index in [1.165, 1.54) is 49.6 Å². The summed E-state index contributed by atoms with van der Waals surface area (Å²) in [5.74, 6) is -1.33. The van der Waals surface area contributed by atoms with E-state index < -0.39 is 17.4 Å². The maximum Gasteiger partial charge on any atom is 0.190 e. The van der Waals surface area contributed by atoms with E-state index in [2.05, 4.69) is 0 Å². The number of ketones is 1. The quantitative estimate of drug-likeness (QED) is 0.230. The van der Waals surface area contributed by atoms with Gasteiger partial charge in [-0.15, -0.1) is 0 Å². The van der Waals surface area contributed by atoms with Crippen molar-refractivity contribution in [3.63, 3.8) is 0 Å². The SMILES string of the molecule is COc1cc(-c2ccc(F)cc2)cc(-c2ccc(F)cc2)c1C(=O)/C=C/c1ccccc1F. The summed E-state index contributed by atoms with van der Waals surface area (Å²) >= 11 is 0.